The normalized spacial score (nSPS) is 11.4. The zero-order valence-corrected chi connectivity index (χ0v) is 14.5. The molecule has 0 aliphatic rings. The Morgan fingerprint density at radius 3 is 2.44 bits per heavy atom. The number of anilines is 1. The molecule has 0 atom stereocenters. The first-order valence-electron chi connectivity index (χ1n) is 7.80. The molecule has 2 N–H and O–H groups in total. The Morgan fingerprint density at radius 1 is 0.960 bits per heavy atom. The molecule has 0 bridgehead atoms. The highest BCUT2D eigenvalue weighted by Gasteiger charge is 2.15. The summed E-state index contributed by atoms with van der Waals surface area (Å²) in [7, 11) is -3.62. The first-order valence-corrected chi connectivity index (χ1v) is 9.28. The molecule has 0 saturated heterocycles. The summed E-state index contributed by atoms with van der Waals surface area (Å²) >= 11 is 0. The van der Waals surface area contributed by atoms with Gasteiger partial charge >= 0.3 is 0 Å². The average Bonchev–Trinajstić information content (AvgIpc) is 2.60. The van der Waals surface area contributed by atoms with E-state index in [1.807, 2.05) is 36.4 Å². The van der Waals surface area contributed by atoms with Gasteiger partial charge in [0.25, 0.3) is 0 Å². The number of carbonyl (C=O) groups is 1. The second-order valence-electron chi connectivity index (χ2n) is 5.68. The molecule has 1 amide bonds. The lowest BCUT2D eigenvalue weighted by Crippen LogP contribution is -2.23. The molecule has 0 saturated carbocycles. The van der Waals surface area contributed by atoms with E-state index in [0.717, 1.165) is 16.3 Å². The van der Waals surface area contributed by atoms with Crippen LogP contribution in [0, 0.1) is 0 Å². The van der Waals surface area contributed by atoms with Crippen LogP contribution in [0.3, 0.4) is 0 Å². The molecule has 3 aromatic carbocycles. The maximum atomic E-state index is 12.5. The Kier molecular flexibility index (Phi) is 4.83. The van der Waals surface area contributed by atoms with Gasteiger partial charge in [0, 0.05) is 24.5 Å². The van der Waals surface area contributed by atoms with Crippen molar-refractivity contribution in [2.75, 3.05) is 5.32 Å². The van der Waals surface area contributed by atoms with Gasteiger partial charge in [-0.15, -0.1) is 0 Å². The van der Waals surface area contributed by atoms with Gasteiger partial charge in [-0.1, -0.05) is 48.5 Å². The van der Waals surface area contributed by atoms with E-state index in [1.54, 1.807) is 30.3 Å². The van der Waals surface area contributed by atoms with E-state index in [2.05, 4.69) is 10.0 Å². The van der Waals surface area contributed by atoms with Gasteiger partial charge in [-0.3, -0.25) is 4.79 Å². The fraction of sp³-hybridized carbons (Fsp3) is 0.105. The molecule has 5 nitrogen and oxygen atoms in total. The fourth-order valence-corrected chi connectivity index (χ4v) is 3.64. The van der Waals surface area contributed by atoms with Gasteiger partial charge in [0.05, 0.1) is 4.90 Å². The number of hydrogen-bond acceptors (Lipinski definition) is 3. The van der Waals surface area contributed by atoms with Crippen LogP contribution in [0.15, 0.2) is 71.6 Å². The van der Waals surface area contributed by atoms with Gasteiger partial charge in [0.1, 0.15) is 0 Å². The molecule has 0 spiro atoms. The lowest BCUT2D eigenvalue weighted by atomic mass is 10.1. The molecule has 0 heterocycles. The predicted octanol–water partition coefficient (Wildman–Crippen LogP) is 3.28. The van der Waals surface area contributed by atoms with Gasteiger partial charge in [0.2, 0.25) is 15.9 Å². The summed E-state index contributed by atoms with van der Waals surface area (Å²) in [5.74, 6) is -0.172. The largest absolute Gasteiger partial charge is 0.326 e. The summed E-state index contributed by atoms with van der Waals surface area (Å²) in [4.78, 5) is 11.5. The third-order valence-corrected chi connectivity index (χ3v) is 5.18. The van der Waals surface area contributed by atoms with Crippen LogP contribution in [0.2, 0.25) is 0 Å². The minimum absolute atomic E-state index is 0.172. The Bertz CT molecular complexity index is 1020. The molecule has 128 valence electrons. The van der Waals surface area contributed by atoms with Crippen molar-refractivity contribution in [1.82, 2.24) is 4.72 Å². The number of fused-ring (bicyclic) bond motifs is 1. The smallest absolute Gasteiger partial charge is 0.240 e. The minimum atomic E-state index is -3.62. The Hall–Kier alpha value is -2.70. The Morgan fingerprint density at radius 2 is 1.72 bits per heavy atom. The van der Waals surface area contributed by atoms with Crippen molar-refractivity contribution < 1.29 is 13.2 Å². The van der Waals surface area contributed by atoms with Gasteiger partial charge in [-0.05, 0) is 29.1 Å². The summed E-state index contributed by atoms with van der Waals surface area (Å²) < 4.78 is 27.7. The van der Waals surface area contributed by atoms with Crippen LogP contribution in [0.4, 0.5) is 5.69 Å². The van der Waals surface area contributed by atoms with Crippen molar-refractivity contribution in [2.24, 2.45) is 0 Å². The molecule has 6 heteroatoms. The van der Waals surface area contributed by atoms with Crippen LogP contribution in [-0.2, 0) is 21.4 Å². The topological polar surface area (TPSA) is 75.3 Å². The molecule has 0 aromatic heterocycles. The molecule has 3 rings (SSSR count). The average molecular weight is 354 g/mol. The van der Waals surface area contributed by atoms with Gasteiger partial charge < -0.3 is 5.32 Å². The number of amides is 1. The summed E-state index contributed by atoms with van der Waals surface area (Å²) in [5, 5.41) is 4.28. The van der Waals surface area contributed by atoms with Crippen molar-refractivity contribution in [3.8, 4) is 0 Å². The molecular formula is C19H18N2O3S. The highest BCUT2D eigenvalue weighted by molar-refractivity contribution is 7.89. The fourth-order valence-electron chi connectivity index (χ4n) is 2.59. The maximum Gasteiger partial charge on any atom is 0.240 e. The first kappa shape index (κ1) is 17.1. The van der Waals surface area contributed by atoms with Crippen LogP contribution in [0.1, 0.15) is 12.5 Å². The number of nitrogens with one attached hydrogen (secondary N) is 2. The van der Waals surface area contributed by atoms with E-state index in [9.17, 15) is 13.2 Å². The second kappa shape index (κ2) is 7.04. The zero-order chi connectivity index (χ0) is 17.9. The molecule has 3 aromatic rings. The van der Waals surface area contributed by atoms with E-state index >= 15 is 0 Å². The van der Waals surface area contributed by atoms with E-state index in [1.165, 1.54) is 6.92 Å². The van der Waals surface area contributed by atoms with Crippen LogP contribution < -0.4 is 10.0 Å². The monoisotopic (exact) mass is 354 g/mol. The number of hydrogen-bond donors (Lipinski definition) is 2. The van der Waals surface area contributed by atoms with Crippen LogP contribution in [0.5, 0.6) is 0 Å². The molecule has 0 aliphatic heterocycles. The van der Waals surface area contributed by atoms with E-state index in [-0.39, 0.29) is 17.3 Å². The molecule has 0 radical (unpaired) electrons. The number of benzene rings is 3. The predicted molar refractivity (Wildman–Crippen MR) is 98.7 cm³/mol. The Balaban J connectivity index is 1.89. The third kappa shape index (κ3) is 4.04. The molecule has 0 aliphatic carbocycles. The van der Waals surface area contributed by atoms with Crippen LogP contribution in [-0.4, -0.2) is 14.3 Å². The quantitative estimate of drug-likeness (QED) is 0.738. The maximum absolute atomic E-state index is 12.5. The summed E-state index contributed by atoms with van der Waals surface area (Å²) in [6.07, 6.45) is 0. The van der Waals surface area contributed by atoms with E-state index in [4.69, 9.17) is 0 Å². The standard InChI is InChI=1S/C19H18N2O3S/c1-14(22)21-19-9-5-8-16-12-17(10-11-18(16)19)25(23,24)20-13-15-6-3-2-4-7-15/h2-12,20H,13H2,1H3,(H,21,22). The SMILES string of the molecule is CC(=O)Nc1cccc2cc(S(=O)(=O)NCc3ccccc3)ccc12. The van der Waals surface area contributed by atoms with Gasteiger partial charge in [0.15, 0.2) is 0 Å². The molecule has 0 fully saturated rings. The van der Waals surface area contributed by atoms with Crippen molar-refractivity contribution in [1.29, 1.82) is 0 Å². The molecule has 25 heavy (non-hydrogen) atoms. The van der Waals surface area contributed by atoms with Gasteiger partial charge in [-0.25, -0.2) is 13.1 Å². The number of rotatable bonds is 5. The summed E-state index contributed by atoms with van der Waals surface area (Å²) in [6.45, 7) is 1.66. The highest BCUT2D eigenvalue weighted by atomic mass is 32.2. The lowest BCUT2D eigenvalue weighted by molar-refractivity contribution is -0.114. The van der Waals surface area contributed by atoms with Gasteiger partial charge in [-0.2, -0.15) is 0 Å². The molecular weight excluding hydrogens is 336 g/mol. The zero-order valence-electron chi connectivity index (χ0n) is 13.7. The molecule has 0 unspecified atom stereocenters. The van der Waals surface area contributed by atoms with Crippen molar-refractivity contribution >= 4 is 32.4 Å². The minimum Gasteiger partial charge on any atom is -0.326 e. The Labute approximate surface area is 146 Å². The number of carbonyl (C=O) groups excluding carboxylic acids is 1. The third-order valence-electron chi connectivity index (χ3n) is 3.78. The second-order valence-corrected chi connectivity index (χ2v) is 7.45. The van der Waals surface area contributed by atoms with Crippen molar-refractivity contribution in [3.05, 3.63) is 72.3 Å². The van der Waals surface area contributed by atoms with Crippen LogP contribution in [0.25, 0.3) is 10.8 Å². The van der Waals surface area contributed by atoms with E-state index in [0.29, 0.717) is 5.69 Å². The summed E-state index contributed by atoms with van der Waals surface area (Å²) in [6, 6.07) is 19.6. The lowest BCUT2D eigenvalue weighted by Gasteiger charge is -2.10. The van der Waals surface area contributed by atoms with E-state index < -0.39 is 10.0 Å². The number of sulfonamides is 1. The van der Waals surface area contributed by atoms with Crippen molar-refractivity contribution in [2.45, 2.75) is 18.4 Å². The highest BCUT2D eigenvalue weighted by Crippen LogP contribution is 2.26. The summed E-state index contributed by atoms with van der Waals surface area (Å²) in [5.41, 5.74) is 1.55. The van der Waals surface area contributed by atoms with Crippen LogP contribution >= 0.6 is 0 Å². The first-order chi connectivity index (χ1) is 12.0. The van der Waals surface area contributed by atoms with Crippen molar-refractivity contribution in [3.63, 3.8) is 0 Å².